The van der Waals surface area contributed by atoms with E-state index in [-0.39, 0.29) is 30.4 Å². The lowest BCUT2D eigenvalue weighted by Crippen LogP contribution is -2.15. The average Bonchev–Trinajstić information content (AvgIpc) is 2.75. The van der Waals surface area contributed by atoms with Crippen molar-refractivity contribution in [2.24, 2.45) is 0 Å². The number of nitrogens with zero attached hydrogens (tertiary/aromatic N) is 1. The molecule has 7 heteroatoms. The minimum absolute atomic E-state index is 0.0605. The summed E-state index contributed by atoms with van der Waals surface area (Å²) in [6.07, 6.45) is 1.76. The van der Waals surface area contributed by atoms with Crippen LogP contribution in [-0.2, 0) is 4.79 Å². The Morgan fingerprint density at radius 2 is 1.68 bits per heavy atom. The SMILES string of the molecule is Cc1ccc(C(=O)CCC(=O)Nc2cccc(C(=O)Nc3ccc(Br)cn3)c2)cc1C. The number of Topliss-reactive ketones (excluding diaryl/α,β-unsaturated/α-hetero) is 1. The van der Waals surface area contributed by atoms with Crippen LogP contribution < -0.4 is 10.6 Å². The van der Waals surface area contributed by atoms with Crippen LogP contribution in [0.3, 0.4) is 0 Å². The van der Waals surface area contributed by atoms with Gasteiger partial charge in [-0.25, -0.2) is 4.98 Å². The van der Waals surface area contributed by atoms with Crippen molar-refractivity contribution in [1.29, 1.82) is 0 Å². The van der Waals surface area contributed by atoms with E-state index in [0.717, 1.165) is 15.6 Å². The lowest BCUT2D eigenvalue weighted by Gasteiger charge is -2.09. The summed E-state index contributed by atoms with van der Waals surface area (Å²) in [5.41, 5.74) is 3.64. The highest BCUT2D eigenvalue weighted by Crippen LogP contribution is 2.16. The minimum Gasteiger partial charge on any atom is -0.326 e. The van der Waals surface area contributed by atoms with E-state index in [9.17, 15) is 14.4 Å². The van der Waals surface area contributed by atoms with Gasteiger partial charge in [0.05, 0.1) is 0 Å². The van der Waals surface area contributed by atoms with Crippen LogP contribution in [0, 0.1) is 13.8 Å². The number of nitrogens with one attached hydrogen (secondary N) is 2. The molecule has 31 heavy (non-hydrogen) atoms. The summed E-state index contributed by atoms with van der Waals surface area (Å²) < 4.78 is 0.811. The van der Waals surface area contributed by atoms with Crippen LogP contribution in [-0.4, -0.2) is 22.6 Å². The summed E-state index contributed by atoms with van der Waals surface area (Å²) in [5, 5.41) is 5.45. The average molecular weight is 480 g/mol. The van der Waals surface area contributed by atoms with Gasteiger partial charge in [0, 0.05) is 40.3 Å². The van der Waals surface area contributed by atoms with Gasteiger partial charge in [-0.1, -0.05) is 18.2 Å². The molecular formula is C24H22BrN3O3. The molecule has 2 N–H and O–H groups in total. The van der Waals surface area contributed by atoms with Gasteiger partial charge in [0.2, 0.25) is 5.91 Å². The Balaban J connectivity index is 1.56. The second-order valence-electron chi connectivity index (χ2n) is 7.17. The third kappa shape index (κ3) is 6.33. The molecule has 158 valence electrons. The number of carbonyl (C=O) groups excluding carboxylic acids is 3. The molecule has 0 unspecified atom stereocenters. The van der Waals surface area contributed by atoms with E-state index in [1.54, 1.807) is 48.7 Å². The van der Waals surface area contributed by atoms with Gasteiger partial charge in [0.15, 0.2) is 5.78 Å². The largest absolute Gasteiger partial charge is 0.326 e. The number of pyridine rings is 1. The van der Waals surface area contributed by atoms with E-state index in [2.05, 4.69) is 31.5 Å². The minimum atomic E-state index is -0.337. The van der Waals surface area contributed by atoms with Crippen LogP contribution in [0.4, 0.5) is 11.5 Å². The molecule has 0 atom stereocenters. The molecule has 0 saturated heterocycles. The molecule has 0 aliphatic heterocycles. The van der Waals surface area contributed by atoms with E-state index in [0.29, 0.717) is 22.6 Å². The quantitative estimate of drug-likeness (QED) is 0.449. The molecular weight excluding hydrogens is 458 g/mol. The summed E-state index contributed by atoms with van der Waals surface area (Å²) >= 11 is 3.29. The molecule has 0 spiro atoms. The Morgan fingerprint density at radius 3 is 2.39 bits per heavy atom. The highest BCUT2D eigenvalue weighted by Gasteiger charge is 2.12. The zero-order chi connectivity index (χ0) is 22.4. The number of benzene rings is 2. The maximum atomic E-state index is 12.4. The number of aryl methyl sites for hydroxylation is 2. The molecule has 3 aromatic rings. The molecule has 2 aromatic carbocycles. The monoisotopic (exact) mass is 479 g/mol. The third-order valence-electron chi connectivity index (χ3n) is 4.79. The fourth-order valence-corrected chi connectivity index (χ4v) is 3.12. The first-order valence-corrected chi connectivity index (χ1v) is 10.5. The Bertz CT molecular complexity index is 1130. The highest BCUT2D eigenvalue weighted by molar-refractivity contribution is 9.10. The maximum Gasteiger partial charge on any atom is 0.256 e. The van der Waals surface area contributed by atoms with Crippen molar-refractivity contribution in [3.63, 3.8) is 0 Å². The third-order valence-corrected chi connectivity index (χ3v) is 5.25. The first-order chi connectivity index (χ1) is 14.8. The smallest absolute Gasteiger partial charge is 0.256 e. The molecule has 1 heterocycles. The van der Waals surface area contributed by atoms with E-state index in [4.69, 9.17) is 0 Å². The number of rotatable bonds is 7. The van der Waals surface area contributed by atoms with Crippen LogP contribution in [0.15, 0.2) is 65.3 Å². The number of hydrogen-bond donors (Lipinski definition) is 2. The molecule has 1 aromatic heterocycles. The van der Waals surface area contributed by atoms with E-state index in [1.165, 1.54) is 0 Å². The fourth-order valence-electron chi connectivity index (χ4n) is 2.89. The van der Waals surface area contributed by atoms with Gasteiger partial charge in [-0.05, 0) is 77.3 Å². The van der Waals surface area contributed by atoms with Gasteiger partial charge in [-0.15, -0.1) is 0 Å². The summed E-state index contributed by atoms with van der Waals surface area (Å²) in [4.78, 5) is 41.2. The van der Waals surface area contributed by atoms with E-state index >= 15 is 0 Å². The molecule has 6 nitrogen and oxygen atoms in total. The fraction of sp³-hybridized carbons (Fsp3) is 0.167. The van der Waals surface area contributed by atoms with Crippen molar-refractivity contribution in [2.45, 2.75) is 26.7 Å². The lowest BCUT2D eigenvalue weighted by molar-refractivity contribution is -0.116. The zero-order valence-electron chi connectivity index (χ0n) is 17.2. The van der Waals surface area contributed by atoms with Gasteiger partial charge < -0.3 is 10.6 Å². The van der Waals surface area contributed by atoms with Crippen molar-refractivity contribution in [3.8, 4) is 0 Å². The highest BCUT2D eigenvalue weighted by atomic mass is 79.9. The Hall–Kier alpha value is -3.32. The van der Waals surface area contributed by atoms with Crippen LogP contribution in [0.2, 0.25) is 0 Å². The van der Waals surface area contributed by atoms with Crippen LogP contribution in [0.1, 0.15) is 44.7 Å². The predicted molar refractivity (Wildman–Crippen MR) is 124 cm³/mol. The van der Waals surface area contributed by atoms with Gasteiger partial charge in [-0.2, -0.15) is 0 Å². The molecule has 0 radical (unpaired) electrons. The molecule has 0 aliphatic rings. The first-order valence-electron chi connectivity index (χ1n) is 9.75. The molecule has 0 fully saturated rings. The molecule has 2 amide bonds. The zero-order valence-corrected chi connectivity index (χ0v) is 18.8. The topological polar surface area (TPSA) is 88.2 Å². The van der Waals surface area contributed by atoms with Crippen LogP contribution in [0.25, 0.3) is 0 Å². The van der Waals surface area contributed by atoms with Crippen molar-refractivity contribution >= 4 is 45.0 Å². The maximum absolute atomic E-state index is 12.4. The van der Waals surface area contributed by atoms with Crippen molar-refractivity contribution < 1.29 is 14.4 Å². The number of halogens is 1. The summed E-state index contributed by atoms with van der Waals surface area (Å²) in [5.74, 6) is -0.277. The Labute approximate surface area is 189 Å². The number of ketones is 1. The first kappa shape index (κ1) is 22.4. The van der Waals surface area contributed by atoms with Crippen LogP contribution >= 0.6 is 15.9 Å². The second-order valence-corrected chi connectivity index (χ2v) is 8.08. The van der Waals surface area contributed by atoms with E-state index in [1.807, 2.05) is 26.0 Å². The van der Waals surface area contributed by atoms with Gasteiger partial charge >= 0.3 is 0 Å². The van der Waals surface area contributed by atoms with E-state index < -0.39 is 0 Å². The van der Waals surface area contributed by atoms with Crippen molar-refractivity contribution in [1.82, 2.24) is 4.98 Å². The lowest BCUT2D eigenvalue weighted by atomic mass is 10.0. The number of anilines is 2. The summed E-state index contributed by atoms with van der Waals surface area (Å²) in [6.45, 7) is 3.94. The molecule has 3 rings (SSSR count). The molecule has 0 aliphatic carbocycles. The number of aromatic nitrogens is 1. The number of hydrogen-bond acceptors (Lipinski definition) is 4. The molecule has 0 saturated carbocycles. The van der Waals surface area contributed by atoms with Crippen molar-refractivity contribution in [3.05, 3.63) is 87.5 Å². The van der Waals surface area contributed by atoms with Crippen LogP contribution in [0.5, 0.6) is 0 Å². The Morgan fingerprint density at radius 1 is 0.871 bits per heavy atom. The summed E-state index contributed by atoms with van der Waals surface area (Å²) in [6, 6.07) is 15.6. The van der Waals surface area contributed by atoms with Gasteiger partial charge in [0.25, 0.3) is 5.91 Å². The molecule has 0 bridgehead atoms. The van der Waals surface area contributed by atoms with Gasteiger partial charge in [0.1, 0.15) is 5.82 Å². The second kappa shape index (κ2) is 10.1. The van der Waals surface area contributed by atoms with Crippen molar-refractivity contribution in [2.75, 3.05) is 10.6 Å². The normalized spacial score (nSPS) is 10.4. The predicted octanol–water partition coefficient (Wildman–Crippen LogP) is 5.31. The summed E-state index contributed by atoms with van der Waals surface area (Å²) in [7, 11) is 0. The Kier molecular flexibility index (Phi) is 7.31. The van der Waals surface area contributed by atoms with Gasteiger partial charge in [-0.3, -0.25) is 14.4 Å². The number of carbonyl (C=O) groups is 3. The standard InChI is InChI=1S/C24H22BrN3O3/c1-15-6-7-17(12-16(15)2)21(29)9-11-23(30)27-20-5-3-4-18(13-20)24(31)28-22-10-8-19(25)14-26-22/h3-8,10,12-14H,9,11H2,1-2H3,(H,27,30)(H,26,28,31). The number of amides is 2.